The molecule has 79 heavy (non-hydrogen) atoms. The van der Waals surface area contributed by atoms with Gasteiger partial charge in [0.25, 0.3) is 0 Å². The zero-order chi connectivity index (χ0) is 59.3. The fraction of sp³-hybridized carbons (Fsp3) is 0.531. The van der Waals surface area contributed by atoms with Crippen LogP contribution in [0.4, 0.5) is 26.3 Å². The Balaban J connectivity index is -0.000000892. The van der Waals surface area contributed by atoms with Crippen molar-refractivity contribution < 1.29 is 69.0 Å². The Labute approximate surface area is 472 Å². The maximum absolute atomic E-state index is 11.9. The standard InChI is InChI=1S/C17H26O.C15H22O.C13H18O.C7H11F3O2.C7H14O2.C5H7F3O2/c1-3-5-6-7-8-9-10-15-18-17-13-11-16(4-2)12-14-17;1-3-5-6-7-8-13-16-15-11-9-14(4-2)10-12-15;1-3-5-6-10-14-13-9-7-8-12(4-2)11-13;1-11-4-2-3-5-12-7(10)6(8)9;1-3-9-7-5-4-6-8-2;1-9-2-3-10-5(8)4(6)7/h4,11-14H,2-3,5-10,15H2,1H3;4,9-12H,2-3,5-8,13H2,1H3;4,7-9,11H,2-3,5-6,10H2,1H3;2-5H2,1H3;3H,1,4-7H2,2H3;2-3H2,1H3. The number of rotatable bonds is 40. The molecule has 0 aliphatic carbocycles. The van der Waals surface area contributed by atoms with Crippen molar-refractivity contribution in [1.29, 1.82) is 0 Å². The van der Waals surface area contributed by atoms with Gasteiger partial charge in [-0.15, -0.1) is 0 Å². The van der Waals surface area contributed by atoms with Crippen molar-refractivity contribution in [2.75, 3.05) is 80.8 Å². The molecule has 0 aliphatic rings. The summed E-state index contributed by atoms with van der Waals surface area (Å²) < 4.78 is 112. The van der Waals surface area contributed by atoms with Gasteiger partial charge in [-0.05, 0) is 98.0 Å². The lowest BCUT2D eigenvalue weighted by atomic mass is 10.1. The molecule has 0 amide bonds. The van der Waals surface area contributed by atoms with Gasteiger partial charge in [-0.3, -0.25) is 0 Å². The molecule has 0 saturated heterocycles. The zero-order valence-electron chi connectivity index (χ0n) is 48.8. The summed E-state index contributed by atoms with van der Waals surface area (Å²) in [5.74, 6) is 2.87. The maximum Gasteiger partial charge on any atom is 0.342 e. The third-order valence-electron chi connectivity index (χ3n) is 10.6. The Hall–Kier alpha value is -5.64. The molecule has 3 aromatic rings. The van der Waals surface area contributed by atoms with E-state index in [1.54, 1.807) is 7.11 Å². The minimum absolute atomic E-state index is 0.0491. The van der Waals surface area contributed by atoms with Crippen molar-refractivity contribution in [3.63, 3.8) is 0 Å². The van der Waals surface area contributed by atoms with Gasteiger partial charge in [-0.2, -0.15) is 26.3 Å². The molecule has 3 aromatic carbocycles. The quantitative estimate of drug-likeness (QED) is 0.0314. The van der Waals surface area contributed by atoms with E-state index in [-0.39, 0.29) is 19.8 Å². The molecule has 0 aromatic heterocycles. The summed E-state index contributed by atoms with van der Waals surface area (Å²) in [5, 5.41) is 0. The molecule has 0 unspecified atom stereocenters. The highest BCUT2D eigenvalue weighted by Crippen LogP contribution is 2.17. The third-order valence-corrected chi connectivity index (χ3v) is 10.6. The number of ether oxygens (including phenoxy) is 9. The average Bonchev–Trinajstić information content (AvgIpc) is 3.47. The second-order valence-electron chi connectivity index (χ2n) is 17.3. The van der Waals surface area contributed by atoms with Gasteiger partial charge in [-0.1, -0.05) is 179 Å². The minimum Gasteiger partial charge on any atom is -0.502 e. The predicted octanol–water partition coefficient (Wildman–Crippen LogP) is 19.8. The summed E-state index contributed by atoms with van der Waals surface area (Å²) in [6.07, 6.45) is 24.6. The van der Waals surface area contributed by atoms with Gasteiger partial charge in [0.15, 0.2) is 0 Å². The van der Waals surface area contributed by atoms with Crippen molar-refractivity contribution in [3.05, 3.63) is 146 Å². The van der Waals surface area contributed by atoms with Gasteiger partial charge in [0.2, 0.25) is 0 Å². The molecular formula is C64H98F6O9. The van der Waals surface area contributed by atoms with Crippen LogP contribution in [0.15, 0.2) is 130 Å². The average molecular weight is 1130 g/mol. The summed E-state index contributed by atoms with van der Waals surface area (Å²) >= 11 is 0. The van der Waals surface area contributed by atoms with Crippen molar-refractivity contribution in [1.82, 2.24) is 0 Å². The van der Waals surface area contributed by atoms with Crippen LogP contribution in [0.5, 0.6) is 17.2 Å². The molecule has 0 fully saturated rings. The normalized spacial score (nSPS) is 9.77. The largest absolute Gasteiger partial charge is 0.502 e. The molecule has 0 spiro atoms. The Morgan fingerprint density at radius 1 is 0.367 bits per heavy atom. The van der Waals surface area contributed by atoms with Gasteiger partial charge in [0.05, 0.1) is 45.9 Å². The van der Waals surface area contributed by atoms with E-state index >= 15 is 0 Å². The minimum atomic E-state index is -2.45. The van der Waals surface area contributed by atoms with Gasteiger partial charge >= 0.3 is 24.2 Å². The fourth-order valence-corrected chi connectivity index (χ4v) is 6.17. The topological polar surface area (TPSA) is 83.1 Å². The van der Waals surface area contributed by atoms with Gasteiger partial charge in [-0.25, -0.2) is 0 Å². The van der Waals surface area contributed by atoms with E-state index in [4.69, 9.17) is 23.7 Å². The summed E-state index contributed by atoms with van der Waals surface area (Å²) in [5.41, 5.74) is 3.38. The summed E-state index contributed by atoms with van der Waals surface area (Å²) in [4.78, 5) is 0. The number of benzene rings is 3. The van der Waals surface area contributed by atoms with E-state index in [2.05, 4.69) is 66.0 Å². The van der Waals surface area contributed by atoms with Crippen molar-refractivity contribution in [2.45, 2.75) is 143 Å². The van der Waals surface area contributed by atoms with Crippen molar-refractivity contribution >= 4 is 18.2 Å². The van der Waals surface area contributed by atoms with Crippen LogP contribution in [0.3, 0.4) is 0 Å². The smallest absolute Gasteiger partial charge is 0.342 e. The lowest BCUT2D eigenvalue weighted by Crippen LogP contribution is -1.99. The van der Waals surface area contributed by atoms with Crippen LogP contribution in [0.1, 0.15) is 159 Å². The second kappa shape index (κ2) is 61.6. The number of methoxy groups -OCH3 is 3. The number of halogens is 6. The molecule has 0 N–H and O–H groups in total. The van der Waals surface area contributed by atoms with Crippen LogP contribution >= 0.6 is 0 Å². The van der Waals surface area contributed by atoms with Gasteiger partial charge < -0.3 is 42.6 Å². The monoisotopic (exact) mass is 1120 g/mol. The Morgan fingerprint density at radius 3 is 1.13 bits per heavy atom. The van der Waals surface area contributed by atoms with Crippen LogP contribution in [0.25, 0.3) is 18.2 Å². The van der Waals surface area contributed by atoms with Gasteiger partial charge in [0.1, 0.15) is 23.9 Å². The molecule has 0 atom stereocenters. The summed E-state index contributed by atoms with van der Waals surface area (Å²) in [6.45, 7) is 25.7. The molecule has 3 rings (SSSR count). The molecule has 0 radical (unpaired) electrons. The molecule has 15 heteroatoms. The van der Waals surface area contributed by atoms with E-state index in [1.165, 1.54) is 97.5 Å². The van der Waals surface area contributed by atoms with Crippen LogP contribution < -0.4 is 14.2 Å². The van der Waals surface area contributed by atoms with Crippen LogP contribution in [0, 0.1) is 0 Å². The zero-order valence-corrected chi connectivity index (χ0v) is 48.8. The van der Waals surface area contributed by atoms with E-state index in [0.717, 1.165) is 99.1 Å². The number of hydrogen-bond acceptors (Lipinski definition) is 9. The Morgan fingerprint density at radius 2 is 0.722 bits per heavy atom. The molecule has 450 valence electrons. The SMILES string of the molecule is C=COCCCCOC.C=Cc1ccc(OCCCCCCC)cc1.C=Cc1ccc(OCCCCCCCCC)cc1.C=Cc1cccc(OCCCCC)c1.COCCCCOC(F)=C(F)F.COCCOC(F)=C(F)F. The van der Waals surface area contributed by atoms with Crippen LogP contribution in [0.2, 0.25) is 0 Å². The first-order chi connectivity index (χ1) is 38.4. The first-order valence-corrected chi connectivity index (χ1v) is 27.8. The molecule has 0 saturated carbocycles. The molecule has 0 bridgehead atoms. The van der Waals surface area contributed by atoms with E-state index < -0.39 is 24.2 Å². The number of unbranched alkanes of at least 4 members (excludes halogenated alkanes) is 14. The lowest BCUT2D eigenvalue weighted by molar-refractivity contribution is 0.0680. The lowest BCUT2D eigenvalue weighted by Gasteiger charge is -2.06. The Kier molecular flexibility index (Phi) is 60.5. The van der Waals surface area contributed by atoms with Crippen LogP contribution in [-0.2, 0) is 28.4 Å². The maximum atomic E-state index is 11.9. The molecule has 0 heterocycles. The Bertz CT molecular complexity index is 1890. The predicted molar refractivity (Wildman–Crippen MR) is 315 cm³/mol. The number of hydrogen-bond donors (Lipinski definition) is 0. The van der Waals surface area contributed by atoms with E-state index in [1.807, 2.05) is 91.0 Å². The van der Waals surface area contributed by atoms with Gasteiger partial charge in [0, 0.05) is 34.5 Å². The van der Waals surface area contributed by atoms with Crippen molar-refractivity contribution in [2.24, 2.45) is 0 Å². The fourth-order valence-electron chi connectivity index (χ4n) is 6.17. The highest BCUT2D eigenvalue weighted by molar-refractivity contribution is 5.50. The summed E-state index contributed by atoms with van der Waals surface area (Å²) in [6, 6.07) is 20.5. The molecular weight excluding hydrogens is 1030 g/mol. The third kappa shape index (κ3) is 55.5. The first kappa shape index (κ1) is 77.6. The second-order valence-corrected chi connectivity index (χ2v) is 17.3. The molecule has 9 nitrogen and oxygen atoms in total. The molecule has 0 aliphatic heterocycles. The van der Waals surface area contributed by atoms with E-state index in [9.17, 15) is 26.3 Å². The first-order valence-electron chi connectivity index (χ1n) is 27.8. The van der Waals surface area contributed by atoms with E-state index in [0.29, 0.717) is 19.4 Å². The van der Waals surface area contributed by atoms with Crippen molar-refractivity contribution in [3.8, 4) is 17.2 Å². The summed E-state index contributed by atoms with van der Waals surface area (Å²) in [7, 11) is 4.59. The highest BCUT2D eigenvalue weighted by Gasteiger charge is 2.06. The highest BCUT2D eigenvalue weighted by atomic mass is 19.3. The van der Waals surface area contributed by atoms with Crippen LogP contribution in [-0.4, -0.2) is 80.8 Å².